The molecule has 1 radical (unpaired) electrons. The minimum Gasteiger partial charge on any atom is -0.292 e. The first-order chi connectivity index (χ1) is 9.88. The summed E-state index contributed by atoms with van der Waals surface area (Å²) in [6, 6.07) is 7.34. The summed E-state index contributed by atoms with van der Waals surface area (Å²) in [5.41, 5.74) is 1.69. The Balaban J connectivity index is 1.96. The van der Waals surface area contributed by atoms with Gasteiger partial charge in [-0.15, -0.1) is 0 Å². The van der Waals surface area contributed by atoms with E-state index in [1.54, 1.807) is 12.1 Å². The van der Waals surface area contributed by atoms with Crippen LogP contribution < -0.4 is 0 Å². The lowest BCUT2D eigenvalue weighted by molar-refractivity contribution is -0.252. The molecule has 0 amide bonds. The van der Waals surface area contributed by atoms with Gasteiger partial charge in [-0.1, -0.05) is 51.3 Å². The molecule has 0 spiro atoms. The first-order valence-electron chi connectivity index (χ1n) is 7.69. The molecule has 3 nitrogen and oxygen atoms in total. The van der Waals surface area contributed by atoms with E-state index in [-0.39, 0.29) is 5.41 Å². The van der Waals surface area contributed by atoms with Gasteiger partial charge in [0.2, 0.25) is 0 Å². The molecule has 1 aliphatic carbocycles. The van der Waals surface area contributed by atoms with E-state index in [2.05, 4.69) is 20.8 Å². The van der Waals surface area contributed by atoms with Crippen molar-refractivity contribution >= 4 is 5.97 Å². The van der Waals surface area contributed by atoms with Gasteiger partial charge in [0.25, 0.3) is 0 Å². The number of benzene rings is 1. The molecule has 0 saturated heterocycles. The fourth-order valence-corrected chi connectivity index (χ4v) is 2.91. The fourth-order valence-electron chi connectivity index (χ4n) is 2.91. The molecule has 2 rings (SSSR count). The average molecular weight is 289 g/mol. The highest BCUT2D eigenvalue weighted by Gasteiger charge is 2.37. The van der Waals surface area contributed by atoms with Crippen molar-refractivity contribution in [3.05, 3.63) is 41.5 Å². The molecular formula is C18H25O3. The summed E-state index contributed by atoms with van der Waals surface area (Å²) in [7, 11) is 0. The predicted molar refractivity (Wildman–Crippen MR) is 82.3 cm³/mol. The second kappa shape index (κ2) is 6.61. The second-order valence-electron chi connectivity index (χ2n) is 6.95. The fraction of sp³-hybridized carbons (Fsp3) is 0.556. The van der Waals surface area contributed by atoms with Crippen LogP contribution in [-0.4, -0.2) is 5.97 Å². The molecule has 0 heterocycles. The molecule has 1 aliphatic rings. The lowest BCUT2D eigenvalue weighted by Crippen LogP contribution is -2.31. The third kappa shape index (κ3) is 4.31. The van der Waals surface area contributed by atoms with Crippen LogP contribution in [0, 0.1) is 24.4 Å². The van der Waals surface area contributed by atoms with Gasteiger partial charge < -0.3 is 0 Å². The normalized spacial score (nSPS) is 20.3. The van der Waals surface area contributed by atoms with E-state index >= 15 is 0 Å². The van der Waals surface area contributed by atoms with Crippen molar-refractivity contribution in [3.8, 4) is 0 Å². The molecule has 0 N–H and O–H groups in total. The highest BCUT2D eigenvalue weighted by atomic mass is 17.2. The number of hydrogen-bond donors (Lipinski definition) is 0. The highest BCUT2D eigenvalue weighted by molar-refractivity contribution is 5.89. The van der Waals surface area contributed by atoms with Crippen molar-refractivity contribution in [1.29, 1.82) is 0 Å². The molecule has 3 heteroatoms. The van der Waals surface area contributed by atoms with E-state index in [1.165, 1.54) is 6.42 Å². The van der Waals surface area contributed by atoms with Crippen LogP contribution in [0.4, 0.5) is 0 Å². The second-order valence-corrected chi connectivity index (χ2v) is 6.95. The largest absolute Gasteiger partial charge is 0.373 e. The van der Waals surface area contributed by atoms with Crippen molar-refractivity contribution < 1.29 is 14.6 Å². The Morgan fingerprint density at radius 1 is 1.24 bits per heavy atom. The van der Waals surface area contributed by atoms with Gasteiger partial charge in [-0.05, 0) is 37.3 Å². The molecule has 115 valence electrons. The molecule has 1 unspecified atom stereocenters. The molecule has 0 aromatic heterocycles. The highest BCUT2D eigenvalue weighted by Crippen LogP contribution is 2.43. The van der Waals surface area contributed by atoms with Gasteiger partial charge >= 0.3 is 5.97 Å². The van der Waals surface area contributed by atoms with E-state index in [9.17, 15) is 4.79 Å². The Morgan fingerprint density at radius 3 is 2.67 bits per heavy atom. The van der Waals surface area contributed by atoms with E-state index in [0.717, 1.165) is 30.9 Å². The topological polar surface area (TPSA) is 35.5 Å². The number of hydrogen-bond acceptors (Lipinski definition) is 3. The van der Waals surface area contributed by atoms with Crippen LogP contribution >= 0.6 is 0 Å². The van der Waals surface area contributed by atoms with E-state index < -0.39 is 5.97 Å². The molecular weight excluding hydrogens is 264 g/mol. The Bertz CT molecular complexity index is 487. The molecule has 21 heavy (non-hydrogen) atoms. The minimum absolute atomic E-state index is 0.130. The maximum atomic E-state index is 12.0. The van der Waals surface area contributed by atoms with Crippen LogP contribution in [0.2, 0.25) is 0 Å². The van der Waals surface area contributed by atoms with Gasteiger partial charge in [-0.3, -0.25) is 4.89 Å². The first kappa shape index (κ1) is 16.0. The van der Waals surface area contributed by atoms with Gasteiger partial charge in [0, 0.05) is 5.92 Å². The van der Waals surface area contributed by atoms with Crippen molar-refractivity contribution in [3.63, 3.8) is 0 Å². The van der Waals surface area contributed by atoms with Crippen LogP contribution in [0.5, 0.6) is 0 Å². The molecule has 1 atom stereocenters. The maximum Gasteiger partial charge on any atom is 0.373 e. The smallest absolute Gasteiger partial charge is 0.292 e. The summed E-state index contributed by atoms with van der Waals surface area (Å²) in [5, 5.41) is 0. The van der Waals surface area contributed by atoms with Crippen molar-refractivity contribution in [1.82, 2.24) is 0 Å². The van der Waals surface area contributed by atoms with Crippen molar-refractivity contribution in [2.24, 2.45) is 11.3 Å². The number of carbonyl (C=O) groups excluding carboxylic acids is 1. The van der Waals surface area contributed by atoms with E-state index in [4.69, 9.17) is 9.78 Å². The summed E-state index contributed by atoms with van der Waals surface area (Å²) in [5.74, 6) is -0.0824. The lowest BCUT2D eigenvalue weighted by Gasteiger charge is -2.37. The Hall–Kier alpha value is -1.35. The van der Waals surface area contributed by atoms with E-state index in [0.29, 0.717) is 11.5 Å². The summed E-state index contributed by atoms with van der Waals surface area (Å²) < 4.78 is 0. The van der Waals surface area contributed by atoms with Crippen LogP contribution in [0.3, 0.4) is 0 Å². The zero-order valence-corrected chi connectivity index (χ0v) is 13.4. The van der Waals surface area contributed by atoms with Crippen molar-refractivity contribution in [2.45, 2.75) is 53.4 Å². The predicted octanol–water partition coefficient (Wildman–Crippen LogP) is 4.85. The quantitative estimate of drug-likeness (QED) is 0.589. The summed E-state index contributed by atoms with van der Waals surface area (Å²) in [4.78, 5) is 22.6. The zero-order valence-electron chi connectivity index (χ0n) is 13.4. The van der Waals surface area contributed by atoms with Crippen molar-refractivity contribution in [2.75, 3.05) is 0 Å². The lowest BCUT2D eigenvalue weighted by atomic mass is 9.71. The molecule has 0 aliphatic heterocycles. The summed E-state index contributed by atoms with van der Waals surface area (Å²) in [6.45, 7) is 8.56. The summed E-state index contributed by atoms with van der Waals surface area (Å²) in [6.07, 6.45) is 5.20. The van der Waals surface area contributed by atoms with Gasteiger partial charge in [-0.25, -0.2) is 4.79 Å². The SMILES string of the molecule is Cc1cccc(C(=O)OO[C]2CCCCC2C(C)(C)C)c1. The van der Waals surface area contributed by atoms with Crippen LogP contribution in [0.25, 0.3) is 0 Å². The Kier molecular flexibility index (Phi) is 5.04. The minimum atomic E-state index is -0.426. The van der Waals surface area contributed by atoms with Gasteiger partial charge in [-0.2, -0.15) is 4.89 Å². The van der Waals surface area contributed by atoms with Gasteiger partial charge in [0.05, 0.1) is 5.56 Å². The number of aryl methyl sites for hydroxylation is 1. The Labute approximate surface area is 127 Å². The standard InChI is InChI=1S/C18H25O3/c1-13-8-7-9-14(12-13)17(19)21-20-16-11-6-5-10-15(16)18(2,3)4/h7-9,12,15H,5-6,10-11H2,1-4H3. The van der Waals surface area contributed by atoms with E-state index in [1.807, 2.05) is 19.1 Å². The van der Waals surface area contributed by atoms with Crippen LogP contribution in [-0.2, 0) is 9.78 Å². The molecule has 1 aromatic carbocycles. The molecule has 1 aromatic rings. The maximum absolute atomic E-state index is 12.0. The number of carbonyl (C=O) groups is 1. The molecule has 1 saturated carbocycles. The first-order valence-corrected chi connectivity index (χ1v) is 7.69. The molecule has 1 fully saturated rings. The van der Waals surface area contributed by atoms with Gasteiger partial charge in [0.15, 0.2) is 6.10 Å². The average Bonchev–Trinajstić information content (AvgIpc) is 2.44. The zero-order chi connectivity index (χ0) is 15.5. The molecule has 0 bridgehead atoms. The third-order valence-corrected chi connectivity index (χ3v) is 4.08. The third-order valence-electron chi connectivity index (χ3n) is 4.08. The Morgan fingerprint density at radius 2 is 2.00 bits per heavy atom. The van der Waals surface area contributed by atoms with Gasteiger partial charge in [0.1, 0.15) is 0 Å². The van der Waals surface area contributed by atoms with Crippen LogP contribution in [0.15, 0.2) is 24.3 Å². The summed E-state index contributed by atoms with van der Waals surface area (Å²) >= 11 is 0. The monoisotopic (exact) mass is 289 g/mol. The van der Waals surface area contributed by atoms with Crippen LogP contribution in [0.1, 0.15) is 62.4 Å². The number of rotatable bonds is 3.